The number of hydrogen-bond acceptors (Lipinski definition) is 3. The van der Waals surface area contributed by atoms with E-state index in [0.717, 1.165) is 23.2 Å². The maximum Gasteiger partial charge on any atom is 0.193 e. The van der Waals surface area contributed by atoms with Gasteiger partial charge in [0.25, 0.3) is 0 Å². The van der Waals surface area contributed by atoms with Crippen LogP contribution in [0.25, 0.3) is 4.96 Å². The first-order valence-corrected chi connectivity index (χ1v) is 8.69. The highest BCUT2D eigenvalue weighted by Crippen LogP contribution is 2.17. The molecule has 0 atom stereocenters. The van der Waals surface area contributed by atoms with Crippen LogP contribution in [0.3, 0.4) is 0 Å². The Hall–Kier alpha value is -1.56. The van der Waals surface area contributed by atoms with E-state index in [1.807, 2.05) is 11.6 Å². The largest absolute Gasteiger partial charge is 0.357 e. The number of nitrogens with zero attached hydrogens (tertiary/aromatic N) is 3. The molecule has 3 rings (SSSR count). The van der Waals surface area contributed by atoms with Crippen molar-refractivity contribution in [3.8, 4) is 0 Å². The zero-order chi connectivity index (χ0) is 14.5. The Labute approximate surface area is 129 Å². The Morgan fingerprint density at radius 1 is 1.43 bits per heavy atom. The summed E-state index contributed by atoms with van der Waals surface area (Å²) in [7, 11) is 0. The zero-order valence-corrected chi connectivity index (χ0v) is 13.3. The number of nitrogens with one attached hydrogen (secondary N) is 2. The van der Waals surface area contributed by atoms with Crippen molar-refractivity contribution in [3.05, 3.63) is 23.5 Å². The molecule has 0 aliphatic heterocycles. The predicted molar refractivity (Wildman–Crippen MR) is 87.9 cm³/mol. The summed E-state index contributed by atoms with van der Waals surface area (Å²) < 4.78 is 2.05. The van der Waals surface area contributed by atoms with Crippen molar-refractivity contribution >= 4 is 22.3 Å². The van der Waals surface area contributed by atoms with E-state index in [0.29, 0.717) is 12.6 Å². The third-order valence-electron chi connectivity index (χ3n) is 3.83. The van der Waals surface area contributed by atoms with E-state index in [2.05, 4.69) is 38.1 Å². The van der Waals surface area contributed by atoms with Gasteiger partial charge in [-0.3, -0.25) is 4.40 Å². The predicted octanol–water partition coefficient (Wildman–Crippen LogP) is 2.78. The maximum absolute atomic E-state index is 4.68. The third kappa shape index (κ3) is 3.75. The van der Waals surface area contributed by atoms with Gasteiger partial charge < -0.3 is 10.6 Å². The van der Waals surface area contributed by atoms with Crippen LogP contribution in [0.1, 0.15) is 44.7 Å². The summed E-state index contributed by atoms with van der Waals surface area (Å²) in [5, 5.41) is 8.94. The molecule has 21 heavy (non-hydrogen) atoms. The number of hydrogen-bond donors (Lipinski definition) is 2. The lowest BCUT2D eigenvalue weighted by Gasteiger charge is -2.24. The molecular formula is C15H23N5S. The molecule has 1 fully saturated rings. The van der Waals surface area contributed by atoms with Crippen LogP contribution in [0.5, 0.6) is 0 Å². The van der Waals surface area contributed by atoms with Crippen molar-refractivity contribution in [1.82, 2.24) is 20.0 Å². The van der Waals surface area contributed by atoms with E-state index in [4.69, 9.17) is 0 Å². The molecular weight excluding hydrogens is 282 g/mol. The first-order chi connectivity index (χ1) is 10.3. The number of fused-ring (bicyclic) bond motifs is 1. The lowest BCUT2D eigenvalue weighted by molar-refractivity contribution is 0.410. The molecule has 114 valence electrons. The zero-order valence-electron chi connectivity index (χ0n) is 12.5. The lowest BCUT2D eigenvalue weighted by atomic mass is 9.96. The summed E-state index contributed by atoms with van der Waals surface area (Å²) in [5.74, 6) is 0.917. The molecule has 0 aromatic carbocycles. The van der Waals surface area contributed by atoms with Crippen LogP contribution in [-0.2, 0) is 6.54 Å². The Morgan fingerprint density at radius 3 is 3.05 bits per heavy atom. The lowest BCUT2D eigenvalue weighted by Crippen LogP contribution is -2.44. The quantitative estimate of drug-likeness (QED) is 0.674. The molecule has 1 saturated carbocycles. The van der Waals surface area contributed by atoms with Crippen LogP contribution in [0.15, 0.2) is 22.8 Å². The normalized spacial score (nSPS) is 17.3. The molecule has 2 heterocycles. The number of aromatic nitrogens is 2. The Morgan fingerprint density at radius 2 is 2.29 bits per heavy atom. The van der Waals surface area contributed by atoms with E-state index >= 15 is 0 Å². The van der Waals surface area contributed by atoms with Gasteiger partial charge in [0, 0.05) is 30.4 Å². The molecule has 0 amide bonds. The second kappa shape index (κ2) is 6.93. The van der Waals surface area contributed by atoms with Gasteiger partial charge in [0.15, 0.2) is 10.9 Å². The SMILES string of the molecule is CCNC(=NCc1cn2ccsc2n1)NC1CCCCC1. The van der Waals surface area contributed by atoms with Crippen molar-refractivity contribution in [1.29, 1.82) is 0 Å². The molecule has 0 spiro atoms. The molecule has 2 aromatic heterocycles. The molecule has 0 saturated heterocycles. The Bertz CT molecular complexity index is 565. The molecule has 0 bridgehead atoms. The standard InChI is InChI=1S/C15H23N5S/c1-2-16-14(18-12-6-4-3-5-7-12)17-10-13-11-20-8-9-21-15(20)19-13/h8-9,11-12H,2-7,10H2,1H3,(H2,16,17,18). The second-order valence-corrected chi connectivity index (χ2v) is 6.37. The topological polar surface area (TPSA) is 53.7 Å². The first-order valence-electron chi connectivity index (χ1n) is 7.81. The maximum atomic E-state index is 4.68. The van der Waals surface area contributed by atoms with Gasteiger partial charge in [-0.25, -0.2) is 9.98 Å². The monoisotopic (exact) mass is 305 g/mol. The van der Waals surface area contributed by atoms with Crippen LogP contribution >= 0.6 is 11.3 Å². The number of imidazole rings is 1. The molecule has 0 unspecified atom stereocenters. The first kappa shape index (κ1) is 14.4. The van der Waals surface area contributed by atoms with Crippen LogP contribution in [0.2, 0.25) is 0 Å². The van der Waals surface area contributed by atoms with Gasteiger partial charge >= 0.3 is 0 Å². The highest BCUT2D eigenvalue weighted by Gasteiger charge is 2.14. The van der Waals surface area contributed by atoms with Crippen LogP contribution in [0.4, 0.5) is 0 Å². The van der Waals surface area contributed by atoms with Crippen LogP contribution in [-0.4, -0.2) is 27.9 Å². The van der Waals surface area contributed by atoms with E-state index in [9.17, 15) is 0 Å². The van der Waals surface area contributed by atoms with E-state index in [1.165, 1.54) is 32.1 Å². The van der Waals surface area contributed by atoms with Gasteiger partial charge in [-0.05, 0) is 19.8 Å². The van der Waals surface area contributed by atoms with Crippen LogP contribution in [0, 0.1) is 0 Å². The van der Waals surface area contributed by atoms with Crippen molar-refractivity contribution in [2.75, 3.05) is 6.54 Å². The van der Waals surface area contributed by atoms with Crippen molar-refractivity contribution in [2.24, 2.45) is 4.99 Å². The average Bonchev–Trinajstić information content (AvgIpc) is 3.07. The summed E-state index contributed by atoms with van der Waals surface area (Å²) in [4.78, 5) is 10.3. The van der Waals surface area contributed by atoms with E-state index in [-0.39, 0.29) is 0 Å². The summed E-state index contributed by atoms with van der Waals surface area (Å²) in [6, 6.07) is 0.571. The van der Waals surface area contributed by atoms with Gasteiger partial charge in [0.2, 0.25) is 0 Å². The molecule has 0 radical (unpaired) electrons. The number of guanidine groups is 1. The average molecular weight is 305 g/mol. The van der Waals surface area contributed by atoms with Crippen molar-refractivity contribution < 1.29 is 0 Å². The highest BCUT2D eigenvalue weighted by atomic mass is 32.1. The third-order valence-corrected chi connectivity index (χ3v) is 4.60. The van der Waals surface area contributed by atoms with Gasteiger partial charge in [-0.2, -0.15) is 0 Å². The molecule has 1 aliphatic rings. The minimum absolute atomic E-state index is 0.571. The fourth-order valence-corrected chi connectivity index (χ4v) is 3.49. The highest BCUT2D eigenvalue weighted by molar-refractivity contribution is 7.15. The van der Waals surface area contributed by atoms with Gasteiger partial charge in [0.1, 0.15) is 0 Å². The Kier molecular flexibility index (Phi) is 4.75. The molecule has 1 aliphatic carbocycles. The van der Waals surface area contributed by atoms with Crippen molar-refractivity contribution in [2.45, 2.75) is 51.6 Å². The summed E-state index contributed by atoms with van der Waals surface area (Å²) in [6.07, 6.45) is 10.6. The van der Waals surface area contributed by atoms with Gasteiger partial charge in [0.05, 0.1) is 12.2 Å². The van der Waals surface area contributed by atoms with E-state index in [1.54, 1.807) is 11.3 Å². The fraction of sp³-hybridized carbons (Fsp3) is 0.600. The molecule has 2 aromatic rings. The van der Waals surface area contributed by atoms with E-state index < -0.39 is 0 Å². The minimum Gasteiger partial charge on any atom is -0.357 e. The number of rotatable bonds is 4. The molecule has 5 nitrogen and oxygen atoms in total. The second-order valence-electron chi connectivity index (χ2n) is 5.50. The Balaban J connectivity index is 1.62. The van der Waals surface area contributed by atoms with Gasteiger partial charge in [-0.15, -0.1) is 11.3 Å². The summed E-state index contributed by atoms with van der Waals surface area (Å²) in [5.41, 5.74) is 1.02. The van der Waals surface area contributed by atoms with Crippen LogP contribution < -0.4 is 10.6 Å². The fourth-order valence-electron chi connectivity index (χ4n) is 2.77. The molecule has 2 N–H and O–H groups in total. The van der Waals surface area contributed by atoms with Crippen molar-refractivity contribution in [3.63, 3.8) is 0 Å². The number of thiazole rings is 1. The summed E-state index contributed by atoms with van der Waals surface area (Å²) >= 11 is 1.65. The number of aliphatic imine (C=N–C) groups is 1. The smallest absolute Gasteiger partial charge is 0.193 e. The summed E-state index contributed by atoms with van der Waals surface area (Å²) in [6.45, 7) is 3.61. The molecule has 6 heteroatoms. The minimum atomic E-state index is 0.571. The van der Waals surface area contributed by atoms with Gasteiger partial charge in [-0.1, -0.05) is 19.3 Å².